The Labute approximate surface area is 81.4 Å². The van der Waals surface area contributed by atoms with Gasteiger partial charge < -0.3 is 9.84 Å². The Morgan fingerprint density at radius 1 is 1.46 bits per heavy atom. The molecule has 0 aromatic carbocycles. The monoisotopic (exact) mass is 200 g/mol. The van der Waals surface area contributed by atoms with Gasteiger partial charge in [0, 0.05) is 30.8 Å². The van der Waals surface area contributed by atoms with Gasteiger partial charge in [0.25, 0.3) is 0 Å². The van der Waals surface area contributed by atoms with Crippen LogP contribution in [0.2, 0.25) is 0 Å². The largest absolute Gasteiger partial charge is 0.392 e. The van der Waals surface area contributed by atoms with E-state index in [1.54, 1.807) is 19.5 Å². The SMILES string of the molecule is COCCSc1ncc(CO)cn1. The summed E-state index contributed by atoms with van der Waals surface area (Å²) in [4.78, 5) is 8.12. The lowest BCUT2D eigenvalue weighted by molar-refractivity contribution is 0.218. The topological polar surface area (TPSA) is 55.2 Å². The molecule has 1 aromatic rings. The van der Waals surface area contributed by atoms with Gasteiger partial charge in [-0.3, -0.25) is 0 Å². The standard InChI is InChI=1S/C8H12N2O2S/c1-12-2-3-13-8-9-4-7(6-11)5-10-8/h4-5,11H,2-3,6H2,1H3. The van der Waals surface area contributed by atoms with Gasteiger partial charge in [0.2, 0.25) is 0 Å². The first-order chi connectivity index (χ1) is 6.36. The van der Waals surface area contributed by atoms with Crippen molar-refractivity contribution in [1.82, 2.24) is 9.97 Å². The molecule has 0 radical (unpaired) electrons. The fourth-order valence-electron chi connectivity index (χ4n) is 0.715. The summed E-state index contributed by atoms with van der Waals surface area (Å²) < 4.78 is 4.89. The number of hydrogen-bond acceptors (Lipinski definition) is 5. The van der Waals surface area contributed by atoms with E-state index in [-0.39, 0.29) is 6.61 Å². The van der Waals surface area contributed by atoms with Gasteiger partial charge in [0.05, 0.1) is 13.2 Å². The Bertz CT molecular complexity index is 240. The molecule has 1 aromatic heterocycles. The van der Waals surface area contributed by atoms with Crippen LogP contribution in [0.4, 0.5) is 0 Å². The first-order valence-corrected chi connectivity index (χ1v) is 4.89. The Morgan fingerprint density at radius 3 is 2.69 bits per heavy atom. The Morgan fingerprint density at radius 2 is 2.15 bits per heavy atom. The van der Waals surface area contributed by atoms with Gasteiger partial charge in [-0.25, -0.2) is 9.97 Å². The van der Waals surface area contributed by atoms with E-state index in [9.17, 15) is 0 Å². The van der Waals surface area contributed by atoms with Crippen LogP contribution in [0.15, 0.2) is 17.6 Å². The van der Waals surface area contributed by atoms with Crippen molar-refractivity contribution in [2.24, 2.45) is 0 Å². The van der Waals surface area contributed by atoms with Crippen molar-refractivity contribution < 1.29 is 9.84 Å². The molecule has 0 fully saturated rings. The number of ether oxygens (including phenoxy) is 1. The van der Waals surface area contributed by atoms with Gasteiger partial charge in [-0.15, -0.1) is 0 Å². The molecule has 0 unspecified atom stereocenters. The molecule has 1 rings (SSSR count). The van der Waals surface area contributed by atoms with E-state index in [1.165, 1.54) is 11.8 Å². The lowest BCUT2D eigenvalue weighted by atomic mass is 10.4. The van der Waals surface area contributed by atoms with E-state index in [4.69, 9.17) is 9.84 Å². The van der Waals surface area contributed by atoms with E-state index in [2.05, 4.69) is 9.97 Å². The molecule has 1 heterocycles. The summed E-state index contributed by atoms with van der Waals surface area (Å²) in [6.45, 7) is 0.679. The van der Waals surface area contributed by atoms with Gasteiger partial charge in [0.15, 0.2) is 5.16 Å². The zero-order valence-corrected chi connectivity index (χ0v) is 8.25. The van der Waals surface area contributed by atoms with Crippen LogP contribution in [0.3, 0.4) is 0 Å². The van der Waals surface area contributed by atoms with Crippen LogP contribution in [-0.4, -0.2) is 34.5 Å². The van der Waals surface area contributed by atoms with Crippen LogP contribution in [0, 0.1) is 0 Å². The molecular formula is C8H12N2O2S. The molecule has 0 atom stereocenters. The molecule has 0 aliphatic rings. The maximum atomic E-state index is 8.74. The number of nitrogens with zero attached hydrogens (tertiary/aromatic N) is 2. The molecule has 0 aliphatic heterocycles. The molecular weight excluding hydrogens is 188 g/mol. The molecule has 4 nitrogen and oxygen atoms in total. The van der Waals surface area contributed by atoms with Crippen molar-refractivity contribution in [2.45, 2.75) is 11.8 Å². The highest BCUT2D eigenvalue weighted by Crippen LogP contribution is 2.11. The fourth-order valence-corrected chi connectivity index (χ4v) is 1.40. The molecule has 0 spiro atoms. The molecule has 0 saturated carbocycles. The van der Waals surface area contributed by atoms with Gasteiger partial charge in [-0.1, -0.05) is 11.8 Å². The summed E-state index contributed by atoms with van der Waals surface area (Å²) >= 11 is 1.54. The summed E-state index contributed by atoms with van der Waals surface area (Å²) in [5.74, 6) is 0.842. The van der Waals surface area contributed by atoms with Crippen molar-refractivity contribution in [3.05, 3.63) is 18.0 Å². The van der Waals surface area contributed by atoms with Crippen molar-refractivity contribution in [1.29, 1.82) is 0 Å². The minimum atomic E-state index is -0.0109. The normalized spacial score (nSPS) is 10.3. The maximum absolute atomic E-state index is 8.74. The number of aliphatic hydroxyl groups excluding tert-OH is 1. The molecule has 0 aliphatic carbocycles. The Hall–Kier alpha value is -0.650. The zero-order chi connectivity index (χ0) is 9.52. The van der Waals surface area contributed by atoms with Gasteiger partial charge in [0.1, 0.15) is 0 Å². The van der Waals surface area contributed by atoms with Gasteiger partial charge >= 0.3 is 0 Å². The summed E-state index contributed by atoms with van der Waals surface area (Å²) in [5, 5.41) is 9.45. The Balaban J connectivity index is 2.40. The summed E-state index contributed by atoms with van der Waals surface area (Å²) in [5.41, 5.74) is 0.732. The lowest BCUT2D eigenvalue weighted by Gasteiger charge is -1.99. The van der Waals surface area contributed by atoms with E-state index in [0.29, 0.717) is 11.8 Å². The number of rotatable bonds is 5. The van der Waals surface area contributed by atoms with Crippen LogP contribution >= 0.6 is 11.8 Å². The molecule has 5 heteroatoms. The van der Waals surface area contributed by atoms with Crippen molar-refractivity contribution in [3.63, 3.8) is 0 Å². The zero-order valence-electron chi connectivity index (χ0n) is 7.43. The first-order valence-electron chi connectivity index (χ1n) is 3.90. The third-order valence-corrected chi connectivity index (χ3v) is 2.22. The highest BCUT2D eigenvalue weighted by atomic mass is 32.2. The average molecular weight is 200 g/mol. The average Bonchev–Trinajstić information content (AvgIpc) is 2.19. The van der Waals surface area contributed by atoms with Crippen LogP contribution in [0.1, 0.15) is 5.56 Å². The molecule has 1 N–H and O–H groups in total. The quantitative estimate of drug-likeness (QED) is 0.431. The predicted octanol–water partition coefficient (Wildman–Crippen LogP) is 0.707. The summed E-state index contributed by atoms with van der Waals surface area (Å²) in [6.07, 6.45) is 3.25. The van der Waals surface area contributed by atoms with Crippen LogP contribution in [-0.2, 0) is 11.3 Å². The minimum Gasteiger partial charge on any atom is -0.392 e. The van der Waals surface area contributed by atoms with E-state index >= 15 is 0 Å². The molecule has 13 heavy (non-hydrogen) atoms. The summed E-state index contributed by atoms with van der Waals surface area (Å²) in [6, 6.07) is 0. The fraction of sp³-hybridized carbons (Fsp3) is 0.500. The third-order valence-electron chi connectivity index (χ3n) is 1.38. The van der Waals surface area contributed by atoms with E-state index in [0.717, 1.165) is 11.3 Å². The molecule has 0 saturated heterocycles. The third kappa shape index (κ3) is 3.71. The van der Waals surface area contributed by atoms with Crippen molar-refractivity contribution >= 4 is 11.8 Å². The second-order valence-electron chi connectivity index (χ2n) is 2.37. The van der Waals surface area contributed by atoms with E-state index < -0.39 is 0 Å². The second-order valence-corrected chi connectivity index (χ2v) is 3.44. The van der Waals surface area contributed by atoms with Crippen LogP contribution in [0.5, 0.6) is 0 Å². The maximum Gasteiger partial charge on any atom is 0.187 e. The molecule has 72 valence electrons. The predicted molar refractivity (Wildman–Crippen MR) is 50.6 cm³/mol. The molecule has 0 amide bonds. The van der Waals surface area contributed by atoms with Crippen molar-refractivity contribution in [3.8, 4) is 0 Å². The number of methoxy groups -OCH3 is 1. The minimum absolute atomic E-state index is 0.0109. The van der Waals surface area contributed by atoms with Gasteiger partial charge in [-0.05, 0) is 0 Å². The number of aromatic nitrogens is 2. The number of aliphatic hydroxyl groups is 1. The Kier molecular flexibility index (Phi) is 4.74. The molecule has 0 bridgehead atoms. The summed E-state index contributed by atoms with van der Waals surface area (Å²) in [7, 11) is 1.66. The van der Waals surface area contributed by atoms with Crippen LogP contribution < -0.4 is 0 Å². The van der Waals surface area contributed by atoms with Gasteiger partial charge in [-0.2, -0.15) is 0 Å². The van der Waals surface area contributed by atoms with E-state index in [1.807, 2.05) is 0 Å². The number of thioether (sulfide) groups is 1. The number of hydrogen-bond donors (Lipinski definition) is 1. The van der Waals surface area contributed by atoms with Crippen molar-refractivity contribution in [2.75, 3.05) is 19.5 Å². The highest BCUT2D eigenvalue weighted by Gasteiger charge is 1.97. The highest BCUT2D eigenvalue weighted by molar-refractivity contribution is 7.99. The van der Waals surface area contributed by atoms with Crippen LogP contribution in [0.25, 0.3) is 0 Å². The smallest absolute Gasteiger partial charge is 0.187 e. The second kappa shape index (κ2) is 5.90. The first kappa shape index (κ1) is 10.4. The lowest BCUT2D eigenvalue weighted by Crippen LogP contribution is -1.95.